The molecule has 1 amide bonds. The summed E-state index contributed by atoms with van der Waals surface area (Å²) in [6, 6.07) is 8.22. The molecule has 1 aromatic carbocycles. The Hall–Kier alpha value is -1.39. The molecule has 0 aliphatic carbocycles. The van der Waals surface area contributed by atoms with Gasteiger partial charge in [0.2, 0.25) is 5.91 Å². The zero-order valence-electron chi connectivity index (χ0n) is 13.6. The number of benzene rings is 1. The highest BCUT2D eigenvalue weighted by atomic mass is 16.5. The second-order valence-corrected chi connectivity index (χ2v) is 5.90. The van der Waals surface area contributed by atoms with Crippen LogP contribution in [-0.2, 0) is 9.53 Å². The monoisotopic (exact) mass is 292 g/mol. The molecule has 0 aliphatic heterocycles. The molecule has 0 fully saturated rings. The van der Waals surface area contributed by atoms with Gasteiger partial charge in [-0.2, -0.15) is 0 Å². The summed E-state index contributed by atoms with van der Waals surface area (Å²) in [6.45, 7) is 6.75. The molecule has 2 atom stereocenters. The molecule has 4 nitrogen and oxygen atoms in total. The van der Waals surface area contributed by atoms with Gasteiger partial charge in [-0.1, -0.05) is 38.1 Å². The summed E-state index contributed by atoms with van der Waals surface area (Å²) in [7, 11) is 1.58. The summed E-state index contributed by atoms with van der Waals surface area (Å²) in [4.78, 5) is 12.2. The number of rotatable bonds is 8. The van der Waals surface area contributed by atoms with E-state index in [0.29, 0.717) is 18.9 Å². The number of nitrogens with one attached hydrogen (secondary N) is 1. The van der Waals surface area contributed by atoms with Crippen molar-refractivity contribution in [2.75, 3.05) is 13.7 Å². The first-order valence-corrected chi connectivity index (χ1v) is 7.55. The Balaban J connectivity index is 2.80. The van der Waals surface area contributed by atoms with Crippen LogP contribution in [0.4, 0.5) is 0 Å². The van der Waals surface area contributed by atoms with E-state index in [1.54, 1.807) is 7.11 Å². The Morgan fingerprint density at radius 2 is 2.00 bits per heavy atom. The highest BCUT2D eigenvalue weighted by Gasteiger charge is 2.19. The Morgan fingerprint density at radius 3 is 2.52 bits per heavy atom. The second-order valence-electron chi connectivity index (χ2n) is 5.90. The minimum absolute atomic E-state index is 0.0128. The summed E-state index contributed by atoms with van der Waals surface area (Å²) < 4.78 is 5.18. The number of carbonyl (C=O) groups excluding carboxylic acids is 1. The zero-order valence-corrected chi connectivity index (χ0v) is 13.6. The van der Waals surface area contributed by atoms with Gasteiger partial charge in [0.1, 0.15) is 0 Å². The van der Waals surface area contributed by atoms with Crippen LogP contribution in [0.5, 0.6) is 0 Å². The molecule has 0 radical (unpaired) electrons. The van der Waals surface area contributed by atoms with Crippen LogP contribution in [0.3, 0.4) is 0 Å². The van der Waals surface area contributed by atoms with Crippen molar-refractivity contribution in [3.8, 4) is 0 Å². The van der Waals surface area contributed by atoms with E-state index in [9.17, 15) is 4.79 Å². The van der Waals surface area contributed by atoms with Crippen molar-refractivity contribution in [1.82, 2.24) is 5.32 Å². The number of aryl methyl sites for hydroxylation is 1. The molecule has 4 heteroatoms. The lowest BCUT2D eigenvalue weighted by Gasteiger charge is -2.24. The Kier molecular flexibility index (Phi) is 7.40. The van der Waals surface area contributed by atoms with Crippen molar-refractivity contribution in [2.45, 2.75) is 45.8 Å². The SMILES string of the molecule is COC(CN)CC(=O)NC(CC(C)C)c1ccccc1C. The number of ether oxygens (including phenoxy) is 1. The van der Waals surface area contributed by atoms with E-state index in [0.717, 1.165) is 6.42 Å². The molecule has 0 saturated carbocycles. The number of nitrogens with two attached hydrogens (primary N) is 1. The molecular weight excluding hydrogens is 264 g/mol. The predicted molar refractivity (Wildman–Crippen MR) is 86.0 cm³/mol. The molecule has 118 valence electrons. The molecule has 0 saturated heterocycles. The van der Waals surface area contributed by atoms with Crippen LogP contribution in [0.2, 0.25) is 0 Å². The van der Waals surface area contributed by atoms with Gasteiger partial charge in [0.25, 0.3) is 0 Å². The fraction of sp³-hybridized carbons (Fsp3) is 0.588. The minimum Gasteiger partial charge on any atom is -0.380 e. The Bertz CT molecular complexity index is 442. The van der Waals surface area contributed by atoms with Gasteiger partial charge in [0.15, 0.2) is 0 Å². The van der Waals surface area contributed by atoms with Gasteiger partial charge < -0.3 is 15.8 Å². The quantitative estimate of drug-likeness (QED) is 0.774. The largest absolute Gasteiger partial charge is 0.380 e. The number of hydrogen-bond acceptors (Lipinski definition) is 3. The van der Waals surface area contributed by atoms with Crippen molar-refractivity contribution in [3.05, 3.63) is 35.4 Å². The van der Waals surface area contributed by atoms with E-state index in [1.165, 1.54) is 11.1 Å². The highest BCUT2D eigenvalue weighted by Crippen LogP contribution is 2.24. The van der Waals surface area contributed by atoms with Crippen LogP contribution in [0.15, 0.2) is 24.3 Å². The smallest absolute Gasteiger partial charge is 0.223 e. The maximum absolute atomic E-state index is 12.2. The van der Waals surface area contributed by atoms with Crippen LogP contribution < -0.4 is 11.1 Å². The summed E-state index contributed by atoms with van der Waals surface area (Å²) in [5.74, 6) is 0.490. The normalized spacial score (nSPS) is 14.0. The van der Waals surface area contributed by atoms with Crippen LogP contribution in [0.1, 0.15) is 43.9 Å². The summed E-state index contributed by atoms with van der Waals surface area (Å²) in [5.41, 5.74) is 7.95. The van der Waals surface area contributed by atoms with E-state index in [-0.39, 0.29) is 18.1 Å². The molecule has 0 heterocycles. The van der Waals surface area contributed by atoms with Crippen LogP contribution in [0, 0.1) is 12.8 Å². The van der Waals surface area contributed by atoms with Gasteiger partial charge in [-0.3, -0.25) is 4.79 Å². The standard InChI is InChI=1S/C17H28N2O2/c1-12(2)9-16(15-8-6-5-7-13(15)3)19-17(20)10-14(11-18)21-4/h5-8,12,14,16H,9-11,18H2,1-4H3,(H,19,20). The fourth-order valence-electron chi connectivity index (χ4n) is 2.44. The minimum atomic E-state index is -0.221. The lowest BCUT2D eigenvalue weighted by molar-refractivity contribution is -0.124. The van der Waals surface area contributed by atoms with Crippen molar-refractivity contribution in [3.63, 3.8) is 0 Å². The van der Waals surface area contributed by atoms with Crippen LogP contribution >= 0.6 is 0 Å². The maximum atomic E-state index is 12.2. The van der Waals surface area contributed by atoms with Gasteiger partial charge in [0, 0.05) is 13.7 Å². The van der Waals surface area contributed by atoms with Crippen LogP contribution in [0.25, 0.3) is 0 Å². The van der Waals surface area contributed by atoms with Gasteiger partial charge in [-0.15, -0.1) is 0 Å². The van der Waals surface area contributed by atoms with E-state index in [1.807, 2.05) is 12.1 Å². The first kappa shape index (κ1) is 17.7. The summed E-state index contributed by atoms with van der Waals surface area (Å²) in [5, 5.41) is 3.13. The number of amides is 1. The van der Waals surface area contributed by atoms with Crippen molar-refractivity contribution in [2.24, 2.45) is 11.7 Å². The third-order valence-electron chi connectivity index (χ3n) is 3.62. The Labute approximate surface area is 128 Å². The van der Waals surface area contributed by atoms with Crippen molar-refractivity contribution >= 4 is 5.91 Å². The van der Waals surface area contributed by atoms with Gasteiger partial charge in [-0.05, 0) is 30.4 Å². The van der Waals surface area contributed by atoms with Crippen molar-refractivity contribution < 1.29 is 9.53 Å². The average Bonchev–Trinajstić information content (AvgIpc) is 2.44. The molecule has 1 rings (SSSR count). The van der Waals surface area contributed by atoms with E-state index < -0.39 is 0 Å². The molecule has 3 N–H and O–H groups in total. The molecule has 2 unspecified atom stereocenters. The molecule has 0 aromatic heterocycles. The number of methoxy groups -OCH3 is 1. The molecule has 0 aliphatic rings. The van der Waals surface area contributed by atoms with Gasteiger partial charge in [-0.25, -0.2) is 0 Å². The lowest BCUT2D eigenvalue weighted by atomic mass is 9.93. The average molecular weight is 292 g/mol. The topological polar surface area (TPSA) is 64.3 Å². The maximum Gasteiger partial charge on any atom is 0.223 e. The Morgan fingerprint density at radius 1 is 1.33 bits per heavy atom. The third kappa shape index (κ3) is 5.86. The highest BCUT2D eigenvalue weighted by molar-refractivity contribution is 5.77. The first-order chi connectivity index (χ1) is 9.97. The lowest BCUT2D eigenvalue weighted by Crippen LogP contribution is -2.35. The molecular formula is C17H28N2O2. The first-order valence-electron chi connectivity index (χ1n) is 7.55. The molecule has 0 spiro atoms. The number of carbonyl (C=O) groups is 1. The van der Waals surface area contributed by atoms with Crippen LogP contribution in [-0.4, -0.2) is 25.7 Å². The summed E-state index contributed by atoms with van der Waals surface area (Å²) >= 11 is 0. The van der Waals surface area contributed by atoms with E-state index in [2.05, 4.69) is 38.2 Å². The molecule has 1 aromatic rings. The second kappa shape index (κ2) is 8.80. The summed E-state index contributed by atoms with van der Waals surface area (Å²) in [6.07, 6.45) is 0.992. The van der Waals surface area contributed by atoms with E-state index >= 15 is 0 Å². The van der Waals surface area contributed by atoms with Gasteiger partial charge >= 0.3 is 0 Å². The van der Waals surface area contributed by atoms with Gasteiger partial charge in [0.05, 0.1) is 18.6 Å². The fourth-order valence-corrected chi connectivity index (χ4v) is 2.44. The molecule has 21 heavy (non-hydrogen) atoms. The molecule has 0 bridgehead atoms. The van der Waals surface area contributed by atoms with Crippen molar-refractivity contribution in [1.29, 1.82) is 0 Å². The van der Waals surface area contributed by atoms with E-state index in [4.69, 9.17) is 10.5 Å². The third-order valence-corrected chi connectivity index (χ3v) is 3.62. The number of hydrogen-bond donors (Lipinski definition) is 2. The predicted octanol–water partition coefficient (Wildman–Crippen LogP) is 2.56. The zero-order chi connectivity index (χ0) is 15.8.